The largest absolute Gasteiger partial charge is 0.357 e. The van der Waals surface area contributed by atoms with E-state index in [1.807, 2.05) is 26.1 Å². The zero-order valence-corrected chi connectivity index (χ0v) is 15.3. The number of halogens is 1. The third-order valence-electron chi connectivity index (χ3n) is 3.21. The lowest BCUT2D eigenvalue weighted by Crippen LogP contribution is -2.38. The molecule has 0 unspecified atom stereocenters. The molecular formula is C16H22ClN5S. The summed E-state index contributed by atoms with van der Waals surface area (Å²) >= 11 is 7.47. The van der Waals surface area contributed by atoms with Crippen LogP contribution in [-0.4, -0.2) is 41.0 Å². The number of pyridine rings is 1. The third-order valence-corrected chi connectivity index (χ3v) is 4.26. The molecule has 124 valence electrons. The Morgan fingerprint density at radius 3 is 2.87 bits per heavy atom. The first-order valence-corrected chi connectivity index (χ1v) is 8.85. The lowest BCUT2D eigenvalue weighted by atomic mass is 10.2. The van der Waals surface area contributed by atoms with Crippen LogP contribution >= 0.6 is 22.9 Å². The second-order valence-electron chi connectivity index (χ2n) is 5.19. The molecule has 0 fully saturated rings. The van der Waals surface area contributed by atoms with Gasteiger partial charge in [0.15, 0.2) is 5.96 Å². The number of rotatable bonds is 6. The monoisotopic (exact) mass is 351 g/mol. The fourth-order valence-corrected chi connectivity index (χ4v) is 2.83. The van der Waals surface area contributed by atoms with E-state index in [0.29, 0.717) is 11.7 Å². The van der Waals surface area contributed by atoms with E-state index >= 15 is 0 Å². The molecule has 0 spiro atoms. The second-order valence-corrected chi connectivity index (χ2v) is 6.64. The second kappa shape index (κ2) is 8.84. The van der Waals surface area contributed by atoms with Gasteiger partial charge >= 0.3 is 0 Å². The molecule has 0 saturated heterocycles. The molecule has 0 aliphatic rings. The number of nitrogens with one attached hydrogen (secondary N) is 1. The molecule has 0 bridgehead atoms. The van der Waals surface area contributed by atoms with Crippen LogP contribution in [0.1, 0.15) is 23.2 Å². The lowest BCUT2D eigenvalue weighted by molar-refractivity contribution is 0.471. The molecule has 0 aliphatic carbocycles. The number of aromatic nitrogens is 2. The Morgan fingerprint density at radius 1 is 1.43 bits per heavy atom. The minimum atomic E-state index is 0.517. The van der Waals surface area contributed by atoms with E-state index in [1.54, 1.807) is 17.5 Å². The van der Waals surface area contributed by atoms with Crippen molar-refractivity contribution in [3.63, 3.8) is 0 Å². The molecule has 0 radical (unpaired) electrons. The maximum absolute atomic E-state index is 5.80. The Bertz CT molecular complexity index is 638. The molecule has 0 atom stereocenters. The Morgan fingerprint density at radius 2 is 2.26 bits per heavy atom. The summed E-state index contributed by atoms with van der Waals surface area (Å²) in [5.74, 6) is 0.889. The smallest absolute Gasteiger partial charge is 0.194 e. The van der Waals surface area contributed by atoms with Crippen LogP contribution in [0.25, 0.3) is 0 Å². The zero-order chi connectivity index (χ0) is 16.7. The van der Waals surface area contributed by atoms with Crippen LogP contribution < -0.4 is 5.32 Å². The van der Waals surface area contributed by atoms with E-state index in [9.17, 15) is 0 Å². The summed E-state index contributed by atoms with van der Waals surface area (Å²) in [6, 6.07) is 3.79. The zero-order valence-electron chi connectivity index (χ0n) is 13.7. The summed E-state index contributed by atoms with van der Waals surface area (Å²) in [7, 11) is 2.03. The molecule has 2 aromatic rings. The molecule has 7 heteroatoms. The number of aliphatic imine (C=N–C) groups is 1. The van der Waals surface area contributed by atoms with Crippen molar-refractivity contribution >= 4 is 28.9 Å². The first kappa shape index (κ1) is 17.7. The standard InChI is InChI=1S/C16H22ClN5S/c1-4-18-16(22(3)10-14-11-23-12(2)21-14)19-8-7-13-5-6-15(17)20-9-13/h5-6,9,11H,4,7-8,10H2,1-3H3,(H,18,19). The van der Waals surface area contributed by atoms with Crippen molar-refractivity contribution in [3.05, 3.63) is 45.1 Å². The summed E-state index contributed by atoms with van der Waals surface area (Å²) in [6.07, 6.45) is 2.63. The first-order chi connectivity index (χ1) is 11.1. The molecule has 2 rings (SSSR count). The average Bonchev–Trinajstić information content (AvgIpc) is 2.93. The highest BCUT2D eigenvalue weighted by Gasteiger charge is 2.08. The van der Waals surface area contributed by atoms with Gasteiger partial charge in [-0.3, -0.25) is 4.99 Å². The maximum Gasteiger partial charge on any atom is 0.194 e. The number of hydrogen-bond donors (Lipinski definition) is 1. The van der Waals surface area contributed by atoms with Gasteiger partial charge in [-0.1, -0.05) is 17.7 Å². The van der Waals surface area contributed by atoms with Gasteiger partial charge in [-0.2, -0.15) is 0 Å². The van der Waals surface area contributed by atoms with Crippen molar-refractivity contribution in [1.82, 2.24) is 20.2 Å². The van der Waals surface area contributed by atoms with E-state index in [-0.39, 0.29) is 0 Å². The predicted octanol–water partition coefficient (Wildman–Crippen LogP) is 3.14. The molecule has 2 heterocycles. The van der Waals surface area contributed by atoms with Gasteiger partial charge in [0.25, 0.3) is 0 Å². The molecular weight excluding hydrogens is 330 g/mol. The number of thiazole rings is 1. The SMILES string of the molecule is CCNC(=NCCc1ccc(Cl)nc1)N(C)Cc1csc(C)n1. The summed E-state index contributed by atoms with van der Waals surface area (Å²) < 4.78 is 0. The van der Waals surface area contributed by atoms with Crippen molar-refractivity contribution in [2.24, 2.45) is 4.99 Å². The van der Waals surface area contributed by atoms with Gasteiger partial charge in [-0.25, -0.2) is 9.97 Å². The van der Waals surface area contributed by atoms with Crippen molar-refractivity contribution in [1.29, 1.82) is 0 Å². The van der Waals surface area contributed by atoms with Gasteiger partial charge in [0.1, 0.15) is 5.15 Å². The Balaban J connectivity index is 1.94. The highest BCUT2D eigenvalue weighted by molar-refractivity contribution is 7.09. The van der Waals surface area contributed by atoms with Crippen LogP contribution in [0.15, 0.2) is 28.7 Å². The molecule has 1 N–H and O–H groups in total. The van der Waals surface area contributed by atoms with Crippen molar-refractivity contribution < 1.29 is 0 Å². The van der Waals surface area contributed by atoms with Gasteiger partial charge in [0.2, 0.25) is 0 Å². The van der Waals surface area contributed by atoms with Crippen LogP contribution in [0.2, 0.25) is 5.15 Å². The van der Waals surface area contributed by atoms with E-state index in [1.165, 1.54) is 0 Å². The van der Waals surface area contributed by atoms with Crippen LogP contribution in [0.3, 0.4) is 0 Å². The minimum Gasteiger partial charge on any atom is -0.357 e. The molecule has 0 saturated carbocycles. The number of hydrogen-bond acceptors (Lipinski definition) is 4. The minimum absolute atomic E-state index is 0.517. The van der Waals surface area contributed by atoms with Crippen LogP contribution in [0, 0.1) is 6.92 Å². The maximum atomic E-state index is 5.80. The summed E-state index contributed by atoms with van der Waals surface area (Å²) in [5.41, 5.74) is 2.20. The first-order valence-electron chi connectivity index (χ1n) is 7.59. The van der Waals surface area contributed by atoms with Crippen LogP contribution in [-0.2, 0) is 13.0 Å². The Kier molecular flexibility index (Phi) is 6.80. The van der Waals surface area contributed by atoms with Gasteiger partial charge in [0, 0.05) is 31.7 Å². The topological polar surface area (TPSA) is 53.4 Å². The van der Waals surface area contributed by atoms with Gasteiger partial charge in [-0.15, -0.1) is 11.3 Å². The Labute approximate surface area is 146 Å². The van der Waals surface area contributed by atoms with Gasteiger partial charge in [0.05, 0.1) is 17.2 Å². The fourth-order valence-electron chi connectivity index (χ4n) is 2.11. The fraction of sp³-hybridized carbons (Fsp3) is 0.438. The lowest BCUT2D eigenvalue weighted by Gasteiger charge is -2.21. The molecule has 5 nitrogen and oxygen atoms in total. The van der Waals surface area contributed by atoms with Gasteiger partial charge in [-0.05, 0) is 31.9 Å². The number of guanidine groups is 1. The highest BCUT2D eigenvalue weighted by atomic mass is 35.5. The van der Waals surface area contributed by atoms with Crippen molar-refractivity contribution in [3.8, 4) is 0 Å². The van der Waals surface area contributed by atoms with E-state index < -0.39 is 0 Å². The van der Waals surface area contributed by atoms with Crippen molar-refractivity contribution in [2.45, 2.75) is 26.8 Å². The quantitative estimate of drug-likeness (QED) is 0.493. The van der Waals surface area contributed by atoms with E-state index in [2.05, 4.69) is 37.5 Å². The molecule has 23 heavy (non-hydrogen) atoms. The van der Waals surface area contributed by atoms with Gasteiger partial charge < -0.3 is 10.2 Å². The van der Waals surface area contributed by atoms with Crippen LogP contribution in [0.5, 0.6) is 0 Å². The number of nitrogens with zero attached hydrogens (tertiary/aromatic N) is 4. The predicted molar refractivity (Wildman–Crippen MR) is 97.2 cm³/mol. The van der Waals surface area contributed by atoms with Crippen molar-refractivity contribution in [2.75, 3.05) is 20.1 Å². The number of aryl methyl sites for hydroxylation is 1. The van der Waals surface area contributed by atoms with Crippen LogP contribution in [0.4, 0.5) is 0 Å². The average molecular weight is 352 g/mol. The summed E-state index contributed by atoms with van der Waals surface area (Å²) in [5, 5.41) is 7.02. The molecule has 0 aromatic carbocycles. The highest BCUT2D eigenvalue weighted by Crippen LogP contribution is 2.10. The summed E-state index contributed by atoms with van der Waals surface area (Å²) in [6.45, 7) is 6.37. The van der Waals surface area contributed by atoms with E-state index in [0.717, 1.165) is 41.7 Å². The molecule has 2 aromatic heterocycles. The molecule has 0 amide bonds. The Hall–Kier alpha value is -1.66. The normalized spacial score (nSPS) is 11.6. The molecule has 0 aliphatic heterocycles. The third kappa shape index (κ3) is 5.80. The van der Waals surface area contributed by atoms with E-state index in [4.69, 9.17) is 11.6 Å². The summed E-state index contributed by atoms with van der Waals surface area (Å²) in [4.78, 5) is 15.4.